The van der Waals surface area contributed by atoms with Crippen LogP contribution in [0.2, 0.25) is 10.0 Å². The summed E-state index contributed by atoms with van der Waals surface area (Å²) in [6.45, 7) is 2.42. The lowest BCUT2D eigenvalue weighted by Gasteiger charge is -2.28. The summed E-state index contributed by atoms with van der Waals surface area (Å²) in [5.41, 5.74) is 1.58. The molecule has 0 aliphatic carbocycles. The van der Waals surface area contributed by atoms with Gasteiger partial charge in [0.2, 0.25) is 0 Å². The molecule has 0 N–H and O–H groups in total. The van der Waals surface area contributed by atoms with Crippen molar-refractivity contribution in [3.63, 3.8) is 0 Å². The Morgan fingerprint density at radius 2 is 1.77 bits per heavy atom. The van der Waals surface area contributed by atoms with Crippen LogP contribution in [-0.2, 0) is 14.3 Å². The lowest BCUT2D eigenvalue weighted by molar-refractivity contribution is -0.152. The van der Waals surface area contributed by atoms with E-state index in [1.807, 2.05) is 37.2 Å². The molecule has 0 radical (unpaired) electrons. The molecule has 3 rings (SSSR count). The predicted octanol–water partition coefficient (Wildman–Crippen LogP) is 5.09. The molecule has 30 heavy (non-hydrogen) atoms. The summed E-state index contributed by atoms with van der Waals surface area (Å²) in [5.74, 6) is -0.769. The molecule has 0 aromatic heterocycles. The van der Waals surface area contributed by atoms with Gasteiger partial charge in [-0.1, -0.05) is 35.3 Å². The fourth-order valence-corrected chi connectivity index (χ4v) is 4.71. The predicted molar refractivity (Wildman–Crippen MR) is 125 cm³/mol. The van der Waals surface area contributed by atoms with E-state index < -0.39 is 17.3 Å². The van der Waals surface area contributed by atoms with Crippen LogP contribution in [0.15, 0.2) is 47.4 Å². The number of thioether (sulfide) groups is 1. The minimum atomic E-state index is -0.966. The topological polar surface area (TPSA) is 49.9 Å². The Kier molecular flexibility index (Phi) is 8.88. The van der Waals surface area contributed by atoms with Crippen LogP contribution in [0, 0.1) is 0 Å². The zero-order valence-corrected chi connectivity index (χ0v) is 19.9. The number of fused-ring (bicyclic) bond motifs is 1. The van der Waals surface area contributed by atoms with Gasteiger partial charge in [0.25, 0.3) is 5.91 Å². The first-order valence-corrected chi connectivity index (χ1v) is 10.7. The third-order valence-corrected chi connectivity index (χ3v) is 6.37. The summed E-state index contributed by atoms with van der Waals surface area (Å²) in [7, 11) is 3.88. The van der Waals surface area contributed by atoms with E-state index in [0.29, 0.717) is 23.1 Å². The molecule has 0 bridgehead atoms. The monoisotopic (exact) mass is 488 g/mol. The van der Waals surface area contributed by atoms with Crippen molar-refractivity contribution < 1.29 is 14.3 Å². The Labute approximate surface area is 197 Å². The van der Waals surface area contributed by atoms with Gasteiger partial charge in [0.15, 0.2) is 6.10 Å². The highest BCUT2D eigenvalue weighted by Gasteiger charge is 2.40. The Morgan fingerprint density at radius 1 is 1.13 bits per heavy atom. The summed E-state index contributed by atoms with van der Waals surface area (Å²) in [6.07, 6.45) is -0.966. The number of anilines is 1. The number of hydrogen-bond acceptors (Lipinski definition) is 5. The molecule has 2 atom stereocenters. The van der Waals surface area contributed by atoms with Crippen LogP contribution < -0.4 is 4.90 Å². The van der Waals surface area contributed by atoms with E-state index in [2.05, 4.69) is 0 Å². The van der Waals surface area contributed by atoms with E-state index >= 15 is 0 Å². The maximum Gasteiger partial charge on any atom is 0.303 e. The molecule has 0 saturated heterocycles. The summed E-state index contributed by atoms with van der Waals surface area (Å²) in [6, 6.07) is 12.7. The molecule has 1 aliphatic rings. The molecule has 0 spiro atoms. The molecular formula is C21H23Cl3N2O3S. The van der Waals surface area contributed by atoms with E-state index in [-0.39, 0.29) is 18.3 Å². The quantitative estimate of drug-likeness (QED) is 0.548. The van der Waals surface area contributed by atoms with E-state index in [9.17, 15) is 9.59 Å². The second kappa shape index (κ2) is 10.7. The van der Waals surface area contributed by atoms with Gasteiger partial charge in [-0.05, 0) is 50.0 Å². The second-order valence-electron chi connectivity index (χ2n) is 7.03. The first kappa shape index (κ1) is 24.8. The number of benzene rings is 2. The average Bonchev–Trinajstić information content (AvgIpc) is 2.76. The fraction of sp³-hybridized carbons (Fsp3) is 0.333. The van der Waals surface area contributed by atoms with Gasteiger partial charge in [0, 0.05) is 35.0 Å². The average molecular weight is 490 g/mol. The number of halogens is 3. The van der Waals surface area contributed by atoms with Crippen LogP contribution in [0.5, 0.6) is 0 Å². The Balaban J connectivity index is 0.00000320. The number of ether oxygens (including phenoxy) is 1. The van der Waals surface area contributed by atoms with Gasteiger partial charge >= 0.3 is 5.97 Å². The van der Waals surface area contributed by atoms with Crippen molar-refractivity contribution in [2.75, 3.05) is 32.1 Å². The van der Waals surface area contributed by atoms with Crippen molar-refractivity contribution in [1.82, 2.24) is 4.90 Å². The highest BCUT2D eigenvalue weighted by atomic mass is 35.5. The number of hydrogen-bond donors (Lipinski definition) is 0. The highest BCUT2D eigenvalue weighted by molar-refractivity contribution is 7.99. The summed E-state index contributed by atoms with van der Waals surface area (Å²) in [4.78, 5) is 30.0. The minimum Gasteiger partial charge on any atom is -0.451 e. The van der Waals surface area contributed by atoms with Crippen molar-refractivity contribution in [3.05, 3.63) is 58.1 Å². The number of rotatable bonds is 5. The third-order valence-electron chi connectivity index (χ3n) is 4.51. The first-order chi connectivity index (χ1) is 13.8. The normalized spacial score (nSPS) is 18.5. The lowest BCUT2D eigenvalue weighted by atomic mass is 10.1. The molecular weight excluding hydrogens is 467 g/mol. The Hall–Kier alpha value is -1.44. The van der Waals surface area contributed by atoms with Crippen LogP contribution in [-0.4, -0.2) is 50.1 Å². The SMILES string of the molecule is CC(=O)OC1C(=O)N(CCN(C)C)c2cc(Cl)ccc2SC1c1ccc(Cl)cc1.Cl. The zero-order valence-electron chi connectivity index (χ0n) is 16.8. The van der Waals surface area contributed by atoms with E-state index in [4.69, 9.17) is 27.9 Å². The second-order valence-corrected chi connectivity index (χ2v) is 9.08. The van der Waals surface area contributed by atoms with E-state index in [0.717, 1.165) is 16.1 Å². The molecule has 2 aromatic rings. The van der Waals surface area contributed by atoms with E-state index in [1.54, 1.807) is 29.2 Å². The Morgan fingerprint density at radius 3 is 2.37 bits per heavy atom. The molecule has 1 amide bonds. The molecule has 0 saturated carbocycles. The van der Waals surface area contributed by atoms with Gasteiger partial charge in [-0.2, -0.15) is 0 Å². The smallest absolute Gasteiger partial charge is 0.303 e. The third kappa shape index (κ3) is 5.83. The van der Waals surface area contributed by atoms with Gasteiger partial charge in [-0.3, -0.25) is 9.59 Å². The Bertz CT molecular complexity index is 909. The number of carbonyl (C=O) groups is 2. The summed E-state index contributed by atoms with van der Waals surface area (Å²) >= 11 is 13.8. The first-order valence-electron chi connectivity index (χ1n) is 9.11. The van der Waals surface area contributed by atoms with Crippen LogP contribution in [0.3, 0.4) is 0 Å². The number of nitrogens with zero attached hydrogens (tertiary/aromatic N) is 2. The van der Waals surface area contributed by atoms with Crippen LogP contribution in [0.1, 0.15) is 17.7 Å². The molecule has 1 aliphatic heterocycles. The van der Waals surface area contributed by atoms with Crippen LogP contribution in [0.25, 0.3) is 0 Å². The molecule has 1 heterocycles. The van der Waals surface area contributed by atoms with Crippen molar-refractivity contribution >= 4 is 64.9 Å². The molecule has 2 aromatic carbocycles. The van der Waals surface area contributed by atoms with Gasteiger partial charge in [-0.15, -0.1) is 24.2 Å². The molecule has 0 fully saturated rings. The van der Waals surface area contributed by atoms with Crippen molar-refractivity contribution in [1.29, 1.82) is 0 Å². The lowest BCUT2D eigenvalue weighted by Crippen LogP contribution is -2.45. The van der Waals surface area contributed by atoms with Crippen molar-refractivity contribution in [3.8, 4) is 0 Å². The number of amides is 1. The van der Waals surface area contributed by atoms with Gasteiger partial charge in [0.1, 0.15) is 0 Å². The van der Waals surface area contributed by atoms with Gasteiger partial charge in [0.05, 0.1) is 10.9 Å². The number of carbonyl (C=O) groups excluding carboxylic acids is 2. The van der Waals surface area contributed by atoms with Gasteiger partial charge < -0.3 is 14.5 Å². The summed E-state index contributed by atoms with van der Waals surface area (Å²) < 4.78 is 5.55. The summed E-state index contributed by atoms with van der Waals surface area (Å²) in [5, 5.41) is 0.733. The maximum atomic E-state index is 13.6. The largest absolute Gasteiger partial charge is 0.451 e. The number of likely N-dealkylation sites (N-methyl/N-ethyl adjacent to an activating group) is 1. The van der Waals surface area contributed by atoms with Crippen LogP contribution >= 0.6 is 47.4 Å². The van der Waals surface area contributed by atoms with Gasteiger partial charge in [-0.25, -0.2) is 0 Å². The fourth-order valence-electron chi connectivity index (χ4n) is 3.12. The van der Waals surface area contributed by atoms with Crippen molar-refractivity contribution in [2.45, 2.75) is 23.2 Å². The highest BCUT2D eigenvalue weighted by Crippen LogP contribution is 2.47. The zero-order chi connectivity index (χ0) is 21.1. The molecule has 2 unspecified atom stereocenters. The standard InChI is InChI=1S/C21H22Cl2N2O3S.ClH/c1-13(26)28-19-20(14-4-6-15(22)7-5-14)29-18-9-8-16(23)12-17(18)25(21(19)27)11-10-24(2)3;/h4-9,12,19-20H,10-11H2,1-3H3;1H. The maximum absolute atomic E-state index is 13.6. The number of esters is 1. The van der Waals surface area contributed by atoms with Crippen LogP contribution in [0.4, 0.5) is 5.69 Å². The molecule has 5 nitrogen and oxygen atoms in total. The van der Waals surface area contributed by atoms with E-state index in [1.165, 1.54) is 18.7 Å². The molecule has 162 valence electrons. The van der Waals surface area contributed by atoms with Crippen molar-refractivity contribution in [2.24, 2.45) is 0 Å². The minimum absolute atomic E-state index is 0. The molecule has 9 heteroatoms.